The number of nitrogens with two attached hydrogens (primary N) is 1. The van der Waals surface area contributed by atoms with Gasteiger partial charge in [0.1, 0.15) is 11.6 Å². The average molecular weight is 283 g/mol. The van der Waals surface area contributed by atoms with Crippen molar-refractivity contribution in [3.63, 3.8) is 0 Å². The second kappa shape index (κ2) is 5.09. The molecule has 0 bridgehead atoms. The molecule has 1 saturated heterocycles. The van der Waals surface area contributed by atoms with Crippen LogP contribution in [0.2, 0.25) is 0 Å². The van der Waals surface area contributed by atoms with Gasteiger partial charge in [-0.05, 0) is 58.4 Å². The SMILES string of the molecule is CC1(C)OB(c2c(F)cc(CCN)cc2F)OC1(C)C. The van der Waals surface area contributed by atoms with E-state index < -0.39 is 30.0 Å². The van der Waals surface area contributed by atoms with E-state index in [4.69, 9.17) is 15.0 Å². The highest BCUT2D eigenvalue weighted by molar-refractivity contribution is 6.62. The maximum absolute atomic E-state index is 14.1. The summed E-state index contributed by atoms with van der Waals surface area (Å²) in [6, 6.07) is 2.58. The molecule has 0 aromatic heterocycles. The highest BCUT2D eigenvalue weighted by atomic mass is 19.1. The lowest BCUT2D eigenvalue weighted by molar-refractivity contribution is 0.00578. The van der Waals surface area contributed by atoms with E-state index in [0.29, 0.717) is 18.5 Å². The van der Waals surface area contributed by atoms with Gasteiger partial charge in [-0.2, -0.15) is 0 Å². The molecule has 6 heteroatoms. The second-order valence-electron chi connectivity index (χ2n) is 6.10. The van der Waals surface area contributed by atoms with Crippen molar-refractivity contribution in [2.45, 2.75) is 45.3 Å². The Morgan fingerprint density at radius 1 is 1.05 bits per heavy atom. The van der Waals surface area contributed by atoms with Gasteiger partial charge in [-0.3, -0.25) is 0 Å². The van der Waals surface area contributed by atoms with E-state index in [-0.39, 0.29) is 5.46 Å². The maximum Gasteiger partial charge on any atom is 0.500 e. The van der Waals surface area contributed by atoms with Gasteiger partial charge in [-0.15, -0.1) is 0 Å². The Morgan fingerprint density at radius 3 is 1.90 bits per heavy atom. The molecule has 1 heterocycles. The summed E-state index contributed by atoms with van der Waals surface area (Å²) in [5, 5.41) is 0. The third kappa shape index (κ3) is 2.60. The molecule has 0 unspecified atom stereocenters. The van der Waals surface area contributed by atoms with Crippen molar-refractivity contribution < 1.29 is 18.1 Å². The molecule has 1 aromatic rings. The lowest BCUT2D eigenvalue weighted by Gasteiger charge is -2.32. The molecule has 1 aliphatic rings. The topological polar surface area (TPSA) is 44.5 Å². The molecule has 2 N–H and O–H groups in total. The predicted molar refractivity (Wildman–Crippen MR) is 74.8 cm³/mol. The number of rotatable bonds is 3. The van der Waals surface area contributed by atoms with Gasteiger partial charge in [0, 0.05) is 0 Å². The Bertz CT molecular complexity index is 481. The van der Waals surface area contributed by atoms with Crippen molar-refractivity contribution in [3.05, 3.63) is 29.3 Å². The zero-order valence-electron chi connectivity index (χ0n) is 12.3. The van der Waals surface area contributed by atoms with Crippen LogP contribution in [0.5, 0.6) is 0 Å². The molecule has 0 spiro atoms. The summed E-state index contributed by atoms with van der Waals surface area (Å²) in [4.78, 5) is 0. The lowest BCUT2D eigenvalue weighted by atomic mass is 9.77. The average Bonchev–Trinajstić information content (AvgIpc) is 2.46. The Hall–Kier alpha value is -0.975. The third-order valence-corrected chi connectivity index (χ3v) is 4.06. The Balaban J connectivity index is 2.36. The van der Waals surface area contributed by atoms with Crippen LogP contribution in [0.25, 0.3) is 0 Å². The van der Waals surface area contributed by atoms with Gasteiger partial charge in [0.25, 0.3) is 0 Å². The predicted octanol–water partition coefficient (Wildman–Crippen LogP) is 1.77. The molecule has 110 valence electrons. The van der Waals surface area contributed by atoms with Crippen LogP contribution in [0, 0.1) is 11.6 Å². The van der Waals surface area contributed by atoms with Crippen molar-refractivity contribution >= 4 is 12.6 Å². The summed E-state index contributed by atoms with van der Waals surface area (Å²) >= 11 is 0. The Kier molecular flexibility index (Phi) is 3.93. The zero-order valence-corrected chi connectivity index (χ0v) is 12.3. The van der Waals surface area contributed by atoms with Crippen LogP contribution >= 0.6 is 0 Å². The largest absolute Gasteiger partial charge is 0.500 e. The number of benzene rings is 1. The van der Waals surface area contributed by atoms with E-state index in [1.165, 1.54) is 12.1 Å². The molecule has 20 heavy (non-hydrogen) atoms. The van der Waals surface area contributed by atoms with Gasteiger partial charge in [0.15, 0.2) is 0 Å². The minimum Gasteiger partial charge on any atom is -0.399 e. The van der Waals surface area contributed by atoms with Crippen molar-refractivity contribution in [3.8, 4) is 0 Å². The molecule has 1 aromatic carbocycles. The van der Waals surface area contributed by atoms with Crippen LogP contribution in [-0.2, 0) is 15.7 Å². The van der Waals surface area contributed by atoms with Gasteiger partial charge in [0.2, 0.25) is 0 Å². The molecule has 0 aliphatic carbocycles. The molecule has 3 nitrogen and oxygen atoms in total. The van der Waals surface area contributed by atoms with Crippen molar-refractivity contribution in [2.24, 2.45) is 5.73 Å². The van der Waals surface area contributed by atoms with E-state index in [1.807, 2.05) is 27.7 Å². The van der Waals surface area contributed by atoms with E-state index in [9.17, 15) is 8.78 Å². The van der Waals surface area contributed by atoms with Gasteiger partial charge in [-0.1, -0.05) is 0 Å². The van der Waals surface area contributed by atoms with Crippen LogP contribution in [0.1, 0.15) is 33.3 Å². The van der Waals surface area contributed by atoms with Gasteiger partial charge in [-0.25, -0.2) is 8.78 Å². The summed E-state index contributed by atoms with van der Waals surface area (Å²) in [6.45, 7) is 7.70. The van der Waals surface area contributed by atoms with Gasteiger partial charge < -0.3 is 15.0 Å². The summed E-state index contributed by atoms with van der Waals surface area (Å²) in [5.74, 6) is -1.32. The van der Waals surface area contributed by atoms with E-state index >= 15 is 0 Å². The Labute approximate surface area is 118 Å². The summed E-state index contributed by atoms with van der Waals surface area (Å²) in [6.07, 6.45) is 0.428. The Morgan fingerprint density at radius 2 is 1.50 bits per heavy atom. The molecule has 2 rings (SSSR count). The van der Waals surface area contributed by atoms with Crippen LogP contribution in [-0.4, -0.2) is 24.9 Å². The summed E-state index contributed by atoms with van der Waals surface area (Å²) < 4.78 is 39.7. The molecule has 1 fully saturated rings. The van der Waals surface area contributed by atoms with Crippen LogP contribution in [0.15, 0.2) is 12.1 Å². The molecule has 0 atom stereocenters. The third-order valence-electron chi connectivity index (χ3n) is 4.06. The van der Waals surface area contributed by atoms with Gasteiger partial charge >= 0.3 is 7.12 Å². The standard InChI is InChI=1S/C14H20BF2NO2/c1-13(2)14(3,4)20-15(19-13)12-10(16)7-9(5-6-18)8-11(12)17/h7-8H,5-6,18H2,1-4H3. The van der Waals surface area contributed by atoms with Crippen molar-refractivity contribution in [1.82, 2.24) is 0 Å². The first-order valence-corrected chi connectivity index (χ1v) is 6.71. The minimum atomic E-state index is -1.04. The summed E-state index contributed by atoms with van der Waals surface area (Å²) in [7, 11) is -1.04. The van der Waals surface area contributed by atoms with Crippen LogP contribution in [0.3, 0.4) is 0 Å². The molecular formula is C14H20BF2NO2. The first-order chi connectivity index (χ1) is 9.18. The van der Waals surface area contributed by atoms with Crippen LogP contribution < -0.4 is 11.2 Å². The van der Waals surface area contributed by atoms with Crippen molar-refractivity contribution in [2.75, 3.05) is 6.54 Å². The first-order valence-electron chi connectivity index (χ1n) is 6.71. The number of hydrogen-bond acceptors (Lipinski definition) is 3. The smallest absolute Gasteiger partial charge is 0.399 e. The fourth-order valence-corrected chi connectivity index (χ4v) is 2.13. The fraction of sp³-hybridized carbons (Fsp3) is 0.571. The van der Waals surface area contributed by atoms with E-state index in [0.717, 1.165) is 0 Å². The van der Waals surface area contributed by atoms with E-state index in [1.54, 1.807) is 0 Å². The molecule has 0 radical (unpaired) electrons. The summed E-state index contributed by atoms with van der Waals surface area (Å²) in [5.41, 5.74) is 4.49. The molecular weight excluding hydrogens is 263 g/mol. The highest BCUT2D eigenvalue weighted by Crippen LogP contribution is 2.36. The number of hydrogen-bond donors (Lipinski definition) is 1. The normalized spacial score (nSPS) is 20.4. The molecule has 0 amide bonds. The maximum atomic E-state index is 14.1. The first kappa shape index (κ1) is 15.4. The van der Waals surface area contributed by atoms with Crippen molar-refractivity contribution in [1.29, 1.82) is 0 Å². The second-order valence-corrected chi connectivity index (χ2v) is 6.10. The lowest BCUT2D eigenvalue weighted by Crippen LogP contribution is -2.41. The van der Waals surface area contributed by atoms with E-state index in [2.05, 4.69) is 0 Å². The zero-order chi connectivity index (χ0) is 15.1. The van der Waals surface area contributed by atoms with Gasteiger partial charge in [0.05, 0.1) is 16.7 Å². The monoisotopic (exact) mass is 283 g/mol. The number of halogens is 2. The van der Waals surface area contributed by atoms with Crippen LogP contribution in [0.4, 0.5) is 8.78 Å². The molecule has 1 aliphatic heterocycles. The highest BCUT2D eigenvalue weighted by Gasteiger charge is 2.53. The minimum absolute atomic E-state index is 0.176. The molecule has 0 saturated carbocycles. The quantitative estimate of drug-likeness (QED) is 0.860. The fourth-order valence-electron chi connectivity index (χ4n) is 2.13.